The van der Waals surface area contributed by atoms with Crippen LogP contribution in [0.1, 0.15) is 51.7 Å². The minimum Gasteiger partial charge on any atom is -0.493 e. The molecule has 2 atom stereocenters. The zero-order chi connectivity index (χ0) is 21.5. The molecule has 0 bridgehead atoms. The van der Waals surface area contributed by atoms with Crippen LogP contribution in [0.25, 0.3) is 0 Å². The molecular weight excluding hydrogens is 396 g/mol. The minimum atomic E-state index is -0.478. The molecular formula is C24H22N2O5. The molecule has 0 aliphatic carbocycles. The third-order valence-electron chi connectivity index (χ3n) is 5.64. The van der Waals surface area contributed by atoms with E-state index < -0.39 is 6.23 Å². The third-order valence-corrected chi connectivity index (χ3v) is 5.64. The number of fused-ring (bicyclic) bond motifs is 3. The lowest BCUT2D eigenvalue weighted by molar-refractivity contribution is -0.0209. The smallest absolute Gasteiger partial charge is 0.337 e. The summed E-state index contributed by atoms with van der Waals surface area (Å²) < 4.78 is 22.6. The van der Waals surface area contributed by atoms with Crippen molar-refractivity contribution in [1.29, 1.82) is 0 Å². The number of rotatable bonds is 4. The van der Waals surface area contributed by atoms with Gasteiger partial charge >= 0.3 is 5.97 Å². The summed E-state index contributed by atoms with van der Waals surface area (Å²) in [6.45, 7) is 1.92. The predicted octanol–water partition coefficient (Wildman–Crippen LogP) is 4.63. The quantitative estimate of drug-likeness (QED) is 0.576. The van der Waals surface area contributed by atoms with Gasteiger partial charge in [0.1, 0.15) is 17.2 Å². The second-order valence-electron chi connectivity index (χ2n) is 7.52. The highest BCUT2D eigenvalue weighted by atomic mass is 16.5. The molecule has 0 amide bonds. The first-order chi connectivity index (χ1) is 15.1. The van der Waals surface area contributed by atoms with Crippen molar-refractivity contribution < 1.29 is 23.4 Å². The van der Waals surface area contributed by atoms with Gasteiger partial charge in [-0.15, -0.1) is 0 Å². The van der Waals surface area contributed by atoms with E-state index in [-0.39, 0.29) is 12.0 Å². The molecule has 2 aromatic carbocycles. The highest BCUT2D eigenvalue weighted by Gasteiger charge is 2.42. The number of hydrazone groups is 1. The van der Waals surface area contributed by atoms with Gasteiger partial charge in [0.05, 0.1) is 25.8 Å². The Kier molecular flexibility index (Phi) is 4.66. The highest BCUT2D eigenvalue weighted by Crippen LogP contribution is 2.50. The summed E-state index contributed by atoms with van der Waals surface area (Å²) in [5.74, 6) is 2.61. The number of methoxy groups -OCH3 is 2. The molecule has 3 heterocycles. The van der Waals surface area contributed by atoms with E-state index in [0.717, 1.165) is 28.4 Å². The molecule has 31 heavy (non-hydrogen) atoms. The average molecular weight is 418 g/mol. The zero-order valence-electron chi connectivity index (χ0n) is 17.5. The molecule has 0 spiro atoms. The van der Waals surface area contributed by atoms with E-state index in [9.17, 15) is 4.79 Å². The normalized spacial score (nSPS) is 19.2. The highest BCUT2D eigenvalue weighted by molar-refractivity contribution is 5.99. The van der Waals surface area contributed by atoms with Gasteiger partial charge < -0.3 is 18.6 Å². The minimum absolute atomic E-state index is 0.0236. The largest absolute Gasteiger partial charge is 0.493 e. The summed E-state index contributed by atoms with van der Waals surface area (Å²) in [4.78, 5) is 11.8. The molecule has 1 aromatic heterocycles. The Morgan fingerprint density at radius 2 is 1.90 bits per heavy atom. The number of aryl methyl sites for hydroxylation is 1. The van der Waals surface area contributed by atoms with Crippen molar-refractivity contribution >= 4 is 11.7 Å². The van der Waals surface area contributed by atoms with E-state index >= 15 is 0 Å². The molecule has 0 radical (unpaired) electrons. The lowest BCUT2D eigenvalue weighted by atomic mass is 9.97. The van der Waals surface area contributed by atoms with Gasteiger partial charge in [0, 0.05) is 17.5 Å². The molecule has 158 valence electrons. The van der Waals surface area contributed by atoms with Gasteiger partial charge in [-0.25, -0.2) is 9.80 Å². The van der Waals surface area contributed by atoms with Crippen molar-refractivity contribution in [2.75, 3.05) is 14.2 Å². The number of furan rings is 1. The number of benzene rings is 2. The second kappa shape index (κ2) is 7.50. The summed E-state index contributed by atoms with van der Waals surface area (Å²) >= 11 is 0. The van der Waals surface area contributed by atoms with Crippen LogP contribution < -0.4 is 9.47 Å². The number of nitrogens with zero attached hydrogens (tertiary/aromatic N) is 2. The van der Waals surface area contributed by atoms with Crippen molar-refractivity contribution in [1.82, 2.24) is 5.01 Å². The maximum atomic E-state index is 11.8. The van der Waals surface area contributed by atoms with Crippen LogP contribution >= 0.6 is 0 Å². The standard InChI is InChI=1S/C24H22N2O5/c1-14-7-12-20(30-14)18-13-19-17-5-4-6-21(28-2)22(17)31-23(26(19)25-18)15-8-10-16(11-9-15)24(27)29-3/h4-12,19,23H,13H2,1-3H3/t19-,23-/m1/s1. The topological polar surface area (TPSA) is 73.5 Å². The number of hydrogen-bond acceptors (Lipinski definition) is 7. The average Bonchev–Trinajstić information content (AvgIpc) is 3.44. The Balaban J connectivity index is 1.58. The number of carbonyl (C=O) groups is 1. The third kappa shape index (κ3) is 3.22. The van der Waals surface area contributed by atoms with Gasteiger partial charge in [-0.3, -0.25) is 0 Å². The molecule has 2 aliphatic heterocycles. The van der Waals surface area contributed by atoms with E-state index in [2.05, 4.69) is 0 Å². The maximum Gasteiger partial charge on any atom is 0.337 e. The Hall–Kier alpha value is -3.74. The number of para-hydroxylation sites is 1. The Morgan fingerprint density at radius 1 is 1.10 bits per heavy atom. The van der Waals surface area contributed by atoms with Crippen molar-refractivity contribution in [3.05, 3.63) is 82.8 Å². The van der Waals surface area contributed by atoms with E-state index in [1.54, 1.807) is 19.2 Å². The van der Waals surface area contributed by atoms with E-state index in [4.69, 9.17) is 23.7 Å². The van der Waals surface area contributed by atoms with Crippen LogP contribution in [0.15, 0.2) is 64.1 Å². The first kappa shape index (κ1) is 19.2. The molecule has 2 aliphatic rings. The Bertz CT molecular complexity index is 1160. The van der Waals surface area contributed by atoms with E-state index in [0.29, 0.717) is 23.5 Å². The fraction of sp³-hybridized carbons (Fsp3) is 0.250. The predicted molar refractivity (Wildman–Crippen MR) is 113 cm³/mol. The summed E-state index contributed by atoms with van der Waals surface area (Å²) in [7, 11) is 3.00. The summed E-state index contributed by atoms with van der Waals surface area (Å²) in [6, 6.07) is 16.9. The summed E-state index contributed by atoms with van der Waals surface area (Å²) in [5, 5.41) is 6.84. The van der Waals surface area contributed by atoms with Crippen molar-refractivity contribution in [2.45, 2.75) is 25.6 Å². The molecule has 3 aromatic rings. The molecule has 5 rings (SSSR count). The monoisotopic (exact) mass is 418 g/mol. The molecule has 7 nitrogen and oxygen atoms in total. The van der Waals surface area contributed by atoms with Gasteiger partial charge in [-0.1, -0.05) is 24.3 Å². The SMILES string of the molecule is COC(=O)c1ccc([C@H]2Oc3c(OC)cccc3[C@H]3CC(c4ccc(C)o4)=NN32)cc1. The van der Waals surface area contributed by atoms with Crippen LogP contribution in [0.4, 0.5) is 0 Å². The molecule has 7 heteroatoms. The van der Waals surface area contributed by atoms with E-state index in [1.807, 2.05) is 54.4 Å². The molecule has 0 N–H and O–H groups in total. The first-order valence-corrected chi connectivity index (χ1v) is 10.0. The van der Waals surface area contributed by atoms with Crippen LogP contribution in [0, 0.1) is 6.92 Å². The summed E-state index contributed by atoms with van der Waals surface area (Å²) in [6.07, 6.45) is 0.210. The fourth-order valence-corrected chi connectivity index (χ4v) is 4.10. The van der Waals surface area contributed by atoms with E-state index in [1.165, 1.54) is 7.11 Å². The van der Waals surface area contributed by atoms with Gasteiger partial charge in [0.2, 0.25) is 6.23 Å². The van der Waals surface area contributed by atoms with Crippen molar-refractivity contribution in [3.8, 4) is 11.5 Å². The van der Waals surface area contributed by atoms with Crippen LogP contribution in [-0.2, 0) is 4.74 Å². The number of hydrogen-bond donors (Lipinski definition) is 0. The molecule has 0 saturated carbocycles. The fourth-order valence-electron chi connectivity index (χ4n) is 4.10. The molecule has 0 unspecified atom stereocenters. The van der Waals surface area contributed by atoms with Gasteiger partial charge in [-0.2, -0.15) is 5.10 Å². The van der Waals surface area contributed by atoms with Crippen molar-refractivity contribution in [2.24, 2.45) is 5.10 Å². The van der Waals surface area contributed by atoms with Crippen molar-refractivity contribution in [3.63, 3.8) is 0 Å². The van der Waals surface area contributed by atoms with Gasteiger partial charge in [-0.05, 0) is 37.3 Å². The second-order valence-corrected chi connectivity index (χ2v) is 7.52. The Labute approximate surface area is 179 Å². The number of esters is 1. The summed E-state index contributed by atoms with van der Waals surface area (Å²) in [5.41, 5.74) is 3.24. The first-order valence-electron chi connectivity index (χ1n) is 10.0. The number of ether oxygens (including phenoxy) is 3. The van der Waals surface area contributed by atoms with Gasteiger partial charge in [0.25, 0.3) is 0 Å². The maximum absolute atomic E-state index is 11.8. The Morgan fingerprint density at radius 3 is 2.58 bits per heavy atom. The zero-order valence-corrected chi connectivity index (χ0v) is 17.5. The molecule has 0 saturated heterocycles. The number of carbonyl (C=O) groups excluding carboxylic acids is 1. The lowest BCUT2D eigenvalue weighted by Gasteiger charge is -2.38. The van der Waals surface area contributed by atoms with Crippen LogP contribution in [0.2, 0.25) is 0 Å². The van der Waals surface area contributed by atoms with Crippen LogP contribution in [0.5, 0.6) is 11.5 Å². The van der Waals surface area contributed by atoms with Crippen LogP contribution in [0.3, 0.4) is 0 Å². The van der Waals surface area contributed by atoms with Gasteiger partial charge in [0.15, 0.2) is 11.5 Å². The lowest BCUT2D eigenvalue weighted by Crippen LogP contribution is -2.33. The van der Waals surface area contributed by atoms with Crippen LogP contribution in [-0.4, -0.2) is 30.9 Å². The molecule has 0 fully saturated rings.